The Kier molecular flexibility index (Phi) is 6.56. The van der Waals surface area contributed by atoms with Crippen molar-refractivity contribution in [2.24, 2.45) is 0 Å². The minimum atomic E-state index is 0.641. The molecule has 5 aromatic heterocycles. The third kappa shape index (κ3) is 4.38. The van der Waals surface area contributed by atoms with Crippen LogP contribution in [-0.4, -0.2) is 14.5 Å². The Morgan fingerprint density at radius 1 is 0.433 bits per heavy atom. The highest BCUT2D eigenvalue weighted by Crippen LogP contribution is 2.49. The van der Waals surface area contributed by atoms with E-state index in [0.717, 1.165) is 76.2 Å². The first kappa shape index (κ1) is 32.6. The van der Waals surface area contributed by atoms with Gasteiger partial charge in [0.1, 0.15) is 11.2 Å². The molecule has 0 saturated carbocycles. The van der Waals surface area contributed by atoms with Gasteiger partial charge in [0.25, 0.3) is 0 Å². The Balaban J connectivity index is 1.11. The topological polar surface area (TPSA) is 43.9 Å². The van der Waals surface area contributed by atoms with Crippen molar-refractivity contribution < 1.29 is 4.42 Å². The van der Waals surface area contributed by atoms with E-state index in [-0.39, 0.29) is 0 Å². The van der Waals surface area contributed by atoms with Gasteiger partial charge in [0, 0.05) is 52.0 Å². The number of aromatic nitrogens is 3. The quantitative estimate of drug-likeness (QED) is 0.179. The normalized spacial score (nSPS) is 12.3. The maximum atomic E-state index is 7.07. The third-order valence-corrected chi connectivity index (χ3v) is 14.8. The van der Waals surface area contributed by atoms with Crippen molar-refractivity contribution in [1.82, 2.24) is 14.5 Å². The molecule has 0 bridgehead atoms. The fourth-order valence-corrected chi connectivity index (χ4v) is 12.2. The summed E-state index contributed by atoms with van der Waals surface area (Å²) >= 11 is 3.63. The van der Waals surface area contributed by atoms with Gasteiger partial charge < -0.3 is 4.42 Å². The van der Waals surface area contributed by atoms with Crippen LogP contribution < -0.4 is 0 Å². The van der Waals surface area contributed by atoms with Gasteiger partial charge in [-0.1, -0.05) is 133 Å². The molecule has 0 aliphatic heterocycles. The highest BCUT2D eigenvalue weighted by atomic mass is 32.1. The lowest BCUT2D eigenvalue weighted by atomic mass is 9.95. The molecule has 5 heterocycles. The van der Waals surface area contributed by atoms with Gasteiger partial charge in [-0.15, -0.1) is 22.7 Å². The van der Waals surface area contributed by atoms with Crippen LogP contribution in [0.1, 0.15) is 0 Å². The van der Waals surface area contributed by atoms with Gasteiger partial charge >= 0.3 is 0 Å². The van der Waals surface area contributed by atoms with Gasteiger partial charge in [-0.25, -0.2) is 9.97 Å². The molecule has 0 fully saturated rings. The van der Waals surface area contributed by atoms with Gasteiger partial charge in [-0.2, -0.15) is 0 Å². The van der Waals surface area contributed by atoms with Crippen LogP contribution in [0.5, 0.6) is 0 Å². The predicted octanol–water partition coefficient (Wildman–Crippen LogP) is 15.8. The van der Waals surface area contributed by atoms with Gasteiger partial charge in [-0.05, 0) is 75.1 Å². The summed E-state index contributed by atoms with van der Waals surface area (Å²) in [6.45, 7) is 0. The van der Waals surface area contributed by atoms with Crippen molar-refractivity contribution >= 4 is 128 Å². The second kappa shape index (κ2) is 12.1. The molecule has 0 atom stereocenters. The highest BCUT2D eigenvalue weighted by molar-refractivity contribution is 7.27. The molecular weight excluding hydrogens is 771 g/mol. The molecule has 14 rings (SSSR count). The fourth-order valence-electron chi connectivity index (χ4n) is 9.83. The Labute approximate surface area is 349 Å². The molecular formula is C54H29N3OS2. The number of furan rings is 1. The van der Waals surface area contributed by atoms with E-state index in [9.17, 15) is 0 Å². The molecule has 0 N–H and O–H groups in total. The zero-order chi connectivity index (χ0) is 39.1. The average molecular weight is 800 g/mol. The van der Waals surface area contributed by atoms with Crippen LogP contribution in [0.3, 0.4) is 0 Å². The monoisotopic (exact) mass is 799 g/mol. The predicted molar refractivity (Wildman–Crippen MR) is 255 cm³/mol. The number of rotatable bonds is 3. The number of thiophene rings is 2. The minimum absolute atomic E-state index is 0.641. The summed E-state index contributed by atoms with van der Waals surface area (Å²) in [7, 11) is 0. The molecule has 9 aromatic carbocycles. The molecule has 278 valence electrons. The van der Waals surface area contributed by atoms with Crippen molar-refractivity contribution in [3.05, 3.63) is 176 Å². The zero-order valence-electron chi connectivity index (χ0n) is 31.8. The number of benzene rings is 9. The van der Waals surface area contributed by atoms with Gasteiger partial charge in [0.05, 0.1) is 32.3 Å². The van der Waals surface area contributed by atoms with Crippen LogP contribution in [0.2, 0.25) is 0 Å². The van der Waals surface area contributed by atoms with E-state index in [0.29, 0.717) is 5.95 Å². The number of para-hydroxylation sites is 1. The van der Waals surface area contributed by atoms with Crippen LogP contribution in [0.4, 0.5) is 0 Å². The maximum absolute atomic E-state index is 7.07. The van der Waals surface area contributed by atoms with E-state index in [1.54, 1.807) is 11.3 Å². The van der Waals surface area contributed by atoms with Crippen LogP contribution in [0.15, 0.2) is 180 Å². The SMILES string of the molecule is c1ccc(-c2cc3oc4c(ccc5c4c4ccccc4n5-c4nc(-c5cc6ccccc6c6c5sc5ccccc56)c5sc6ccccc6c5n4)c3c3ccccc23)cc1. The first-order valence-corrected chi connectivity index (χ1v) is 21.8. The molecule has 0 aliphatic carbocycles. The molecule has 14 aromatic rings. The maximum Gasteiger partial charge on any atom is 0.235 e. The Morgan fingerprint density at radius 3 is 1.95 bits per heavy atom. The van der Waals surface area contributed by atoms with Crippen molar-refractivity contribution in [3.8, 4) is 28.3 Å². The number of hydrogen-bond donors (Lipinski definition) is 0. The van der Waals surface area contributed by atoms with Crippen molar-refractivity contribution in [2.45, 2.75) is 0 Å². The van der Waals surface area contributed by atoms with E-state index >= 15 is 0 Å². The summed E-state index contributed by atoms with van der Waals surface area (Å²) in [5, 5.41) is 12.9. The highest BCUT2D eigenvalue weighted by Gasteiger charge is 2.25. The minimum Gasteiger partial charge on any atom is -0.455 e. The Morgan fingerprint density at radius 2 is 1.10 bits per heavy atom. The van der Waals surface area contributed by atoms with Gasteiger partial charge in [-0.3, -0.25) is 4.57 Å². The molecule has 0 unspecified atom stereocenters. The standard InChI is InChI=1S/C54H29N3OS2/c1-2-14-30(15-3-1)39-29-43-46(34-19-7-6-18-33(34)39)38-26-27-42-48(51(38)58-43)35-20-8-11-23-41(35)57(42)54-55-49-37-22-10-13-25-45(37)60-53(49)50(56-54)40-28-31-16-4-5-17-32(31)47-36-21-9-12-24-44(36)59-52(40)47/h1-29H. The second-order valence-electron chi connectivity index (χ2n) is 15.6. The zero-order valence-corrected chi connectivity index (χ0v) is 33.4. The Bertz CT molecular complexity index is 4130. The summed E-state index contributed by atoms with van der Waals surface area (Å²) in [5.74, 6) is 0.641. The molecule has 0 spiro atoms. The fraction of sp³-hybridized carbons (Fsp3) is 0. The van der Waals surface area contributed by atoms with Gasteiger partial charge in [0.15, 0.2) is 0 Å². The number of hydrogen-bond acceptors (Lipinski definition) is 5. The summed E-state index contributed by atoms with van der Waals surface area (Å²) < 4.78 is 14.1. The largest absolute Gasteiger partial charge is 0.455 e. The van der Waals surface area contributed by atoms with Crippen LogP contribution in [0.25, 0.3) is 134 Å². The first-order chi connectivity index (χ1) is 29.8. The number of nitrogens with zero attached hydrogens (tertiary/aromatic N) is 3. The third-order valence-electron chi connectivity index (χ3n) is 12.4. The first-order valence-electron chi connectivity index (χ1n) is 20.2. The molecule has 0 amide bonds. The van der Waals surface area contributed by atoms with Gasteiger partial charge in [0.2, 0.25) is 5.95 Å². The van der Waals surface area contributed by atoms with E-state index in [1.807, 2.05) is 11.3 Å². The average Bonchev–Trinajstić information content (AvgIpc) is 4.07. The lowest BCUT2D eigenvalue weighted by Gasteiger charge is -2.12. The lowest BCUT2D eigenvalue weighted by Crippen LogP contribution is -2.02. The van der Waals surface area contributed by atoms with Crippen molar-refractivity contribution in [1.29, 1.82) is 0 Å². The molecule has 0 saturated heterocycles. The smallest absolute Gasteiger partial charge is 0.235 e. The summed E-state index contributed by atoms with van der Waals surface area (Å²) in [5.41, 5.74) is 9.17. The van der Waals surface area contributed by atoms with E-state index in [2.05, 4.69) is 180 Å². The van der Waals surface area contributed by atoms with E-state index in [4.69, 9.17) is 14.4 Å². The van der Waals surface area contributed by atoms with Crippen LogP contribution in [0, 0.1) is 0 Å². The van der Waals surface area contributed by atoms with Crippen LogP contribution in [-0.2, 0) is 0 Å². The van der Waals surface area contributed by atoms with E-state index in [1.165, 1.54) is 52.0 Å². The lowest BCUT2D eigenvalue weighted by molar-refractivity contribution is 0.673. The van der Waals surface area contributed by atoms with E-state index < -0.39 is 0 Å². The second-order valence-corrected chi connectivity index (χ2v) is 17.7. The molecule has 60 heavy (non-hydrogen) atoms. The molecule has 6 heteroatoms. The summed E-state index contributed by atoms with van der Waals surface area (Å²) in [6.07, 6.45) is 0. The van der Waals surface area contributed by atoms with Crippen molar-refractivity contribution in [2.75, 3.05) is 0 Å². The molecule has 0 aliphatic rings. The molecule has 0 radical (unpaired) electrons. The van der Waals surface area contributed by atoms with Crippen molar-refractivity contribution in [3.63, 3.8) is 0 Å². The van der Waals surface area contributed by atoms with Crippen LogP contribution >= 0.6 is 22.7 Å². The summed E-state index contributed by atoms with van der Waals surface area (Å²) in [4.78, 5) is 11.2. The molecule has 4 nitrogen and oxygen atoms in total. The Hall–Kier alpha value is -7.38. The number of fused-ring (bicyclic) bond motifs is 17. The summed E-state index contributed by atoms with van der Waals surface area (Å²) in [6, 6.07) is 63.1.